The topological polar surface area (TPSA) is 94.2 Å². The number of alkyl halides is 1. The van der Waals surface area contributed by atoms with Crippen LogP contribution in [0.25, 0.3) is 38.8 Å². The fraction of sp³-hybridized carbons (Fsp3) is 0.306. The summed E-state index contributed by atoms with van der Waals surface area (Å²) in [6, 6.07) is 16.9. The molecule has 4 bridgehead atoms. The van der Waals surface area contributed by atoms with Crippen molar-refractivity contribution in [2.24, 2.45) is 7.05 Å². The highest BCUT2D eigenvalue weighted by Gasteiger charge is 2.42. The fourth-order valence-electron chi connectivity index (χ4n) is 7.24. The molecule has 49 heavy (non-hydrogen) atoms. The first kappa shape index (κ1) is 31.2. The molecule has 13 heteroatoms. The summed E-state index contributed by atoms with van der Waals surface area (Å²) < 4.78 is 38.4. The maximum atomic E-state index is 14.8. The van der Waals surface area contributed by atoms with E-state index in [2.05, 4.69) is 27.2 Å². The quantitative estimate of drug-likeness (QED) is 0.204. The largest absolute Gasteiger partial charge is 0.488 e. The van der Waals surface area contributed by atoms with Crippen molar-refractivity contribution in [2.75, 3.05) is 30.4 Å². The molecule has 2 aliphatic rings. The van der Waals surface area contributed by atoms with Crippen LogP contribution in [-0.4, -0.2) is 78.0 Å². The van der Waals surface area contributed by atoms with Crippen LogP contribution in [0, 0.1) is 11.6 Å². The number of fused-ring (bicyclic) bond motifs is 6. The van der Waals surface area contributed by atoms with E-state index in [4.69, 9.17) is 21.4 Å². The van der Waals surface area contributed by atoms with Gasteiger partial charge in [-0.1, -0.05) is 24.3 Å². The Morgan fingerprint density at radius 1 is 1.06 bits per heavy atom. The lowest BCUT2D eigenvalue weighted by atomic mass is 9.98. The summed E-state index contributed by atoms with van der Waals surface area (Å²) in [6.45, 7) is 1.42. The molecule has 0 spiro atoms. The molecule has 250 valence electrons. The van der Waals surface area contributed by atoms with Crippen LogP contribution in [0.3, 0.4) is 0 Å². The number of hydrogen-bond donors (Lipinski definition) is 0. The van der Waals surface area contributed by atoms with Gasteiger partial charge in [0.1, 0.15) is 41.5 Å². The van der Waals surface area contributed by atoms with E-state index in [0.717, 1.165) is 46.6 Å². The van der Waals surface area contributed by atoms with Gasteiger partial charge >= 0.3 is 0 Å². The maximum Gasteiger partial charge on any atom is 0.245 e. The number of aryl methyl sites for hydroxylation is 2. The van der Waals surface area contributed by atoms with E-state index in [9.17, 15) is 13.6 Å². The molecule has 1 amide bonds. The van der Waals surface area contributed by atoms with Crippen LogP contribution < -0.4 is 9.64 Å². The summed E-state index contributed by atoms with van der Waals surface area (Å²) in [6.07, 6.45) is 5.12. The second-order valence-corrected chi connectivity index (χ2v) is 12.9. The first-order valence-corrected chi connectivity index (χ1v) is 16.9. The molecule has 0 saturated carbocycles. The van der Waals surface area contributed by atoms with E-state index in [-0.39, 0.29) is 17.7 Å². The lowest BCUT2D eigenvalue weighted by molar-refractivity contribution is -0.132. The minimum absolute atomic E-state index is 0.0425. The average Bonchev–Trinajstić information content (AvgIpc) is 3.81. The molecular weight excluding hydrogens is 650 g/mol. The number of benzene rings is 3. The molecule has 5 heterocycles. The number of anilines is 1. The Kier molecular flexibility index (Phi) is 8.11. The zero-order valence-corrected chi connectivity index (χ0v) is 27.5. The third-order valence-corrected chi connectivity index (χ3v) is 9.71. The Hall–Kier alpha value is -5.10. The number of rotatable bonds is 5. The summed E-state index contributed by atoms with van der Waals surface area (Å²) in [5.74, 6) is 0.110. The van der Waals surface area contributed by atoms with Crippen molar-refractivity contribution in [1.82, 2.24) is 34.4 Å². The van der Waals surface area contributed by atoms with Gasteiger partial charge in [0, 0.05) is 49.6 Å². The van der Waals surface area contributed by atoms with Gasteiger partial charge in [-0.25, -0.2) is 23.4 Å². The van der Waals surface area contributed by atoms with Gasteiger partial charge in [-0.3, -0.25) is 9.48 Å². The molecule has 10 nitrogen and oxygen atoms in total. The van der Waals surface area contributed by atoms with Crippen LogP contribution in [0.15, 0.2) is 73.2 Å². The predicted molar refractivity (Wildman–Crippen MR) is 183 cm³/mol. The van der Waals surface area contributed by atoms with Gasteiger partial charge < -0.3 is 14.5 Å². The van der Waals surface area contributed by atoms with E-state index >= 15 is 0 Å². The van der Waals surface area contributed by atoms with Crippen molar-refractivity contribution in [3.8, 4) is 22.6 Å². The van der Waals surface area contributed by atoms with Crippen molar-refractivity contribution in [2.45, 2.75) is 37.8 Å². The number of carbonyl (C=O) groups excluding carboxylic acids is 1. The molecule has 2 aliphatic heterocycles. The maximum absolute atomic E-state index is 14.8. The van der Waals surface area contributed by atoms with E-state index in [1.807, 2.05) is 51.9 Å². The van der Waals surface area contributed by atoms with Crippen molar-refractivity contribution < 1.29 is 18.3 Å². The van der Waals surface area contributed by atoms with Crippen LogP contribution in [0.5, 0.6) is 5.75 Å². The van der Waals surface area contributed by atoms with Gasteiger partial charge in [0.25, 0.3) is 0 Å². The van der Waals surface area contributed by atoms with E-state index in [0.29, 0.717) is 61.0 Å². The molecule has 3 aromatic heterocycles. The van der Waals surface area contributed by atoms with Gasteiger partial charge in [0.05, 0.1) is 23.6 Å². The van der Waals surface area contributed by atoms with Crippen LogP contribution in [-0.2, 0) is 18.3 Å². The second kappa shape index (κ2) is 12.7. The smallest absolute Gasteiger partial charge is 0.245 e. The van der Waals surface area contributed by atoms with Gasteiger partial charge in [-0.05, 0) is 60.7 Å². The number of hydrogen-bond acceptors (Lipinski definition) is 7. The van der Waals surface area contributed by atoms with E-state index in [1.54, 1.807) is 6.20 Å². The molecule has 0 radical (unpaired) electrons. The number of ether oxygens (including phenoxy) is 1. The predicted octanol–water partition coefficient (Wildman–Crippen LogP) is 6.08. The summed E-state index contributed by atoms with van der Waals surface area (Å²) in [5.41, 5.74) is 4.53. The Labute approximate surface area is 285 Å². The van der Waals surface area contributed by atoms with Crippen molar-refractivity contribution in [1.29, 1.82) is 0 Å². The Bertz CT molecular complexity index is 2200. The van der Waals surface area contributed by atoms with Crippen LogP contribution in [0.1, 0.15) is 25.0 Å². The SMILES string of the molecule is Cn1nc2cccc3c2c1CCCN(CCCCl)C(=O)[C@@H]1CC(CN1c1ncnc2c1cnn2-c1ccc(F)cc1F)Oc1cccc-3c1. The standard InChI is InChI=1S/C36H33ClF2N8O2/c1-44-31-10-4-14-45(15-5-13-37)36(48)32-18-25(49-24-7-2-6-22(16-24)26-8-3-9-29(43-44)33(26)31)20-46(32)34-27-19-42-47(35(27)41-21-40-34)30-12-11-23(38)17-28(30)39/h2-3,6-9,11-12,16-17,19,21,25,32H,4-5,10,13-15,18,20H2,1H3/t25?,32-/m0/s1. The molecule has 1 saturated heterocycles. The highest BCUT2D eigenvalue weighted by Crippen LogP contribution is 2.36. The van der Waals surface area contributed by atoms with Crippen LogP contribution in [0.2, 0.25) is 0 Å². The summed E-state index contributed by atoms with van der Waals surface area (Å²) in [5, 5.41) is 10.8. The Morgan fingerprint density at radius 3 is 2.80 bits per heavy atom. The molecule has 0 N–H and O–H groups in total. The second-order valence-electron chi connectivity index (χ2n) is 12.5. The first-order valence-electron chi connectivity index (χ1n) is 16.4. The molecule has 1 unspecified atom stereocenters. The normalized spacial score (nSPS) is 18.2. The molecule has 2 atom stereocenters. The van der Waals surface area contributed by atoms with Gasteiger partial charge in [-0.2, -0.15) is 10.2 Å². The summed E-state index contributed by atoms with van der Waals surface area (Å²) in [4.78, 5) is 27.5. The third-order valence-electron chi connectivity index (χ3n) is 9.44. The molecule has 6 aromatic rings. The molecule has 8 rings (SSSR count). The first-order chi connectivity index (χ1) is 23.9. The van der Waals surface area contributed by atoms with Gasteiger partial charge in [0.2, 0.25) is 5.91 Å². The highest BCUT2D eigenvalue weighted by atomic mass is 35.5. The van der Waals surface area contributed by atoms with Gasteiger partial charge in [0.15, 0.2) is 11.5 Å². The third kappa shape index (κ3) is 5.63. The summed E-state index contributed by atoms with van der Waals surface area (Å²) >= 11 is 6.14. The average molecular weight is 683 g/mol. The molecular formula is C36H33ClF2N8O2. The molecule has 3 aromatic carbocycles. The van der Waals surface area contributed by atoms with E-state index < -0.39 is 17.7 Å². The summed E-state index contributed by atoms with van der Waals surface area (Å²) in [7, 11) is 1.97. The van der Waals surface area contributed by atoms with Gasteiger partial charge in [-0.15, -0.1) is 11.6 Å². The molecule has 1 fully saturated rings. The zero-order valence-electron chi connectivity index (χ0n) is 26.8. The number of amides is 1. The van der Waals surface area contributed by atoms with Crippen LogP contribution in [0.4, 0.5) is 14.6 Å². The van der Waals surface area contributed by atoms with Crippen molar-refractivity contribution >= 4 is 45.3 Å². The number of halogens is 3. The van der Waals surface area contributed by atoms with Crippen molar-refractivity contribution in [3.63, 3.8) is 0 Å². The monoisotopic (exact) mass is 682 g/mol. The highest BCUT2D eigenvalue weighted by molar-refractivity contribution is 6.17. The number of nitrogens with zero attached hydrogens (tertiary/aromatic N) is 8. The fourth-order valence-corrected chi connectivity index (χ4v) is 7.36. The minimum Gasteiger partial charge on any atom is -0.488 e. The van der Waals surface area contributed by atoms with E-state index in [1.165, 1.54) is 23.1 Å². The lowest BCUT2D eigenvalue weighted by Gasteiger charge is -2.31. The van der Waals surface area contributed by atoms with Crippen LogP contribution >= 0.6 is 11.6 Å². The Balaban J connectivity index is 1.21. The van der Waals surface area contributed by atoms with Crippen molar-refractivity contribution in [3.05, 3.63) is 90.5 Å². The number of aromatic nitrogens is 6. The zero-order chi connectivity index (χ0) is 33.6. The Morgan fingerprint density at radius 2 is 1.94 bits per heavy atom. The number of carbonyl (C=O) groups is 1. The molecule has 0 aliphatic carbocycles. The lowest BCUT2D eigenvalue weighted by Crippen LogP contribution is -2.47. The minimum atomic E-state index is -0.771.